The van der Waals surface area contributed by atoms with Crippen molar-refractivity contribution in [3.05, 3.63) is 71.9 Å². The number of nitrogens with one attached hydrogen (secondary N) is 2. The Kier molecular flexibility index (Phi) is 11.8. The molecule has 2 aromatic carbocycles. The average Bonchev–Trinajstić information content (AvgIpc) is 2.94. The van der Waals surface area contributed by atoms with E-state index in [-0.39, 0.29) is 61.4 Å². The fourth-order valence-electron chi connectivity index (χ4n) is 4.18. The first-order chi connectivity index (χ1) is 20.4. The summed E-state index contributed by atoms with van der Waals surface area (Å²) in [6.07, 6.45) is 2.17. The molecule has 228 valence electrons. The number of carbonyl (C=O) groups excluding carboxylic acids is 2. The average molecular weight is 610 g/mol. The standard InChI is InChI=1S/C30H35N5O7S/c1-20-7-6-8-24(17-20)34-30(41)33-23-13-11-21(12-14-23)25-18-22(19-32-28(25)31)29(40)35-43(42,15-4-2-9-26(36)37)16-5-3-10-27(38)39/h6-8,11-14,17-19H,2-5,9-10,15-16H2,1H3,(H2,31,32)(H,36,37)(H,38,39)(H2,33,34,41). The largest absolute Gasteiger partial charge is 0.481 e. The van der Waals surface area contributed by atoms with Gasteiger partial charge in [0, 0.05) is 47.5 Å². The minimum Gasteiger partial charge on any atom is -0.481 e. The van der Waals surface area contributed by atoms with Crippen LogP contribution in [0.2, 0.25) is 0 Å². The number of pyridine rings is 1. The Morgan fingerprint density at radius 2 is 1.47 bits per heavy atom. The van der Waals surface area contributed by atoms with Crippen LogP contribution in [0.3, 0.4) is 0 Å². The molecule has 0 aliphatic rings. The number of carboxylic acid groups (broad SMARTS) is 2. The fraction of sp³-hybridized carbons (Fsp3) is 0.300. The van der Waals surface area contributed by atoms with Crippen molar-refractivity contribution >= 4 is 50.8 Å². The first-order valence-corrected chi connectivity index (χ1v) is 15.5. The minimum absolute atomic E-state index is 0.0142. The molecular formula is C30H35N5O7S. The van der Waals surface area contributed by atoms with Gasteiger partial charge in [-0.3, -0.25) is 14.4 Å². The van der Waals surface area contributed by atoms with Crippen LogP contribution in [-0.4, -0.2) is 54.8 Å². The molecule has 0 bridgehead atoms. The summed E-state index contributed by atoms with van der Waals surface area (Å²) < 4.78 is 17.6. The van der Waals surface area contributed by atoms with Gasteiger partial charge in [-0.25, -0.2) is 14.0 Å². The third-order valence-electron chi connectivity index (χ3n) is 6.35. The number of aryl methyl sites for hydroxylation is 1. The molecule has 1 aromatic heterocycles. The van der Waals surface area contributed by atoms with Crippen LogP contribution < -0.4 is 16.4 Å². The first-order valence-electron chi connectivity index (χ1n) is 13.7. The number of hydrogen-bond donors (Lipinski definition) is 5. The van der Waals surface area contributed by atoms with Gasteiger partial charge in [0.1, 0.15) is 5.82 Å². The monoisotopic (exact) mass is 609 g/mol. The topological polar surface area (TPSA) is 201 Å². The van der Waals surface area contributed by atoms with E-state index in [1.165, 1.54) is 12.3 Å². The van der Waals surface area contributed by atoms with E-state index in [2.05, 4.69) is 20.0 Å². The van der Waals surface area contributed by atoms with Gasteiger partial charge in [0.25, 0.3) is 5.91 Å². The second kappa shape index (κ2) is 15.4. The lowest BCUT2D eigenvalue weighted by Gasteiger charge is -2.11. The maximum absolute atomic E-state index is 13.6. The third-order valence-corrected chi connectivity index (χ3v) is 8.70. The molecule has 0 saturated heterocycles. The highest BCUT2D eigenvalue weighted by atomic mass is 32.2. The molecule has 6 N–H and O–H groups in total. The minimum atomic E-state index is -3.08. The fourth-order valence-corrected chi connectivity index (χ4v) is 6.28. The van der Waals surface area contributed by atoms with Crippen molar-refractivity contribution in [2.24, 2.45) is 4.36 Å². The Bertz CT molecular complexity index is 1570. The van der Waals surface area contributed by atoms with Crippen LogP contribution in [0.1, 0.15) is 54.4 Å². The smallest absolute Gasteiger partial charge is 0.323 e. The van der Waals surface area contributed by atoms with Crippen LogP contribution in [0.5, 0.6) is 0 Å². The number of amides is 3. The summed E-state index contributed by atoms with van der Waals surface area (Å²) in [7, 11) is -3.08. The normalized spacial score (nSPS) is 11.0. The molecule has 13 heteroatoms. The lowest BCUT2D eigenvalue weighted by Crippen LogP contribution is -2.19. The predicted molar refractivity (Wildman–Crippen MR) is 166 cm³/mol. The quantitative estimate of drug-likeness (QED) is 0.148. The van der Waals surface area contributed by atoms with Gasteiger partial charge in [-0.1, -0.05) is 24.3 Å². The zero-order valence-corrected chi connectivity index (χ0v) is 24.6. The van der Waals surface area contributed by atoms with E-state index in [1.54, 1.807) is 30.3 Å². The Hall–Kier alpha value is -4.78. The van der Waals surface area contributed by atoms with E-state index >= 15 is 0 Å². The number of carboxylic acids is 2. The maximum Gasteiger partial charge on any atom is 0.323 e. The second-order valence-electron chi connectivity index (χ2n) is 9.96. The van der Waals surface area contributed by atoms with E-state index in [9.17, 15) is 23.4 Å². The molecule has 0 spiro atoms. The molecule has 43 heavy (non-hydrogen) atoms. The van der Waals surface area contributed by atoms with Gasteiger partial charge in [0.2, 0.25) is 0 Å². The molecule has 1 heterocycles. The Morgan fingerprint density at radius 3 is 2.05 bits per heavy atom. The Morgan fingerprint density at radius 1 is 0.860 bits per heavy atom. The van der Waals surface area contributed by atoms with Gasteiger partial charge >= 0.3 is 18.0 Å². The zero-order valence-electron chi connectivity index (χ0n) is 23.7. The van der Waals surface area contributed by atoms with E-state index in [0.717, 1.165) is 5.56 Å². The summed E-state index contributed by atoms with van der Waals surface area (Å²) in [5.74, 6) is -2.54. The molecule has 3 aromatic rings. The summed E-state index contributed by atoms with van der Waals surface area (Å²) in [4.78, 5) is 51.3. The van der Waals surface area contributed by atoms with Crippen molar-refractivity contribution in [3.8, 4) is 11.1 Å². The molecular weight excluding hydrogens is 574 g/mol. The number of rotatable bonds is 14. The molecule has 0 atom stereocenters. The van der Waals surface area contributed by atoms with Crippen molar-refractivity contribution in [1.29, 1.82) is 0 Å². The number of hydrogen-bond acceptors (Lipinski definition) is 7. The molecule has 0 aliphatic heterocycles. The van der Waals surface area contributed by atoms with Crippen LogP contribution in [0.4, 0.5) is 22.0 Å². The van der Waals surface area contributed by atoms with E-state index in [0.29, 0.717) is 22.5 Å². The zero-order chi connectivity index (χ0) is 31.4. The first kappa shape index (κ1) is 32.7. The lowest BCUT2D eigenvalue weighted by atomic mass is 10.0. The highest BCUT2D eigenvalue weighted by Crippen LogP contribution is 2.27. The number of aliphatic carboxylic acids is 2. The number of nitrogens with zero attached hydrogens (tertiary/aromatic N) is 2. The molecule has 12 nitrogen and oxygen atoms in total. The van der Waals surface area contributed by atoms with Crippen LogP contribution >= 0.6 is 0 Å². The van der Waals surface area contributed by atoms with Gasteiger partial charge in [0.15, 0.2) is 0 Å². The number of unbranched alkanes of at least 4 members (excludes halogenated alkanes) is 2. The molecule has 0 aliphatic carbocycles. The predicted octanol–water partition coefficient (Wildman–Crippen LogP) is 5.40. The van der Waals surface area contributed by atoms with Gasteiger partial charge in [-0.15, -0.1) is 0 Å². The highest BCUT2D eigenvalue weighted by molar-refractivity contribution is 7.93. The van der Waals surface area contributed by atoms with Gasteiger partial charge in [0.05, 0.1) is 15.3 Å². The lowest BCUT2D eigenvalue weighted by molar-refractivity contribution is -0.138. The Labute approximate surface area is 249 Å². The number of carbonyl (C=O) groups is 4. The van der Waals surface area contributed by atoms with Gasteiger partial charge < -0.3 is 26.6 Å². The van der Waals surface area contributed by atoms with Crippen LogP contribution in [0.15, 0.2) is 65.2 Å². The number of benzene rings is 2. The summed E-state index contributed by atoms with van der Waals surface area (Å²) in [6, 6.07) is 15.2. The van der Waals surface area contributed by atoms with Crippen molar-refractivity contribution in [2.75, 3.05) is 27.9 Å². The van der Waals surface area contributed by atoms with E-state index in [1.807, 2.05) is 25.1 Å². The molecule has 0 fully saturated rings. The van der Waals surface area contributed by atoms with Crippen LogP contribution in [0.25, 0.3) is 11.1 Å². The number of anilines is 3. The summed E-state index contributed by atoms with van der Waals surface area (Å²) in [5.41, 5.74) is 9.40. The summed E-state index contributed by atoms with van der Waals surface area (Å²) in [6.45, 7) is 1.92. The SMILES string of the molecule is Cc1cccc(NC(=O)Nc2ccc(-c3cc(C(=O)N=S(=O)(CCCCC(=O)O)CCCCC(=O)O)cnc3N)cc2)c1. The molecule has 0 radical (unpaired) electrons. The number of urea groups is 1. The summed E-state index contributed by atoms with van der Waals surface area (Å²) >= 11 is 0. The Balaban J connectivity index is 1.75. The van der Waals surface area contributed by atoms with Crippen LogP contribution in [-0.2, 0) is 19.3 Å². The molecule has 0 saturated carbocycles. The highest BCUT2D eigenvalue weighted by Gasteiger charge is 2.17. The van der Waals surface area contributed by atoms with E-state index < -0.39 is 33.6 Å². The van der Waals surface area contributed by atoms with Gasteiger partial charge in [-0.2, -0.15) is 4.36 Å². The number of nitrogen functional groups attached to an aromatic ring is 1. The number of nitrogens with two attached hydrogens (primary N) is 1. The van der Waals surface area contributed by atoms with Crippen molar-refractivity contribution in [1.82, 2.24) is 4.98 Å². The van der Waals surface area contributed by atoms with Crippen molar-refractivity contribution < 1.29 is 33.6 Å². The molecule has 0 unspecified atom stereocenters. The van der Waals surface area contributed by atoms with Crippen molar-refractivity contribution in [2.45, 2.75) is 45.4 Å². The van der Waals surface area contributed by atoms with Crippen molar-refractivity contribution in [3.63, 3.8) is 0 Å². The van der Waals surface area contributed by atoms with Crippen LogP contribution in [0, 0.1) is 6.92 Å². The number of aromatic nitrogens is 1. The molecule has 3 rings (SSSR count). The maximum atomic E-state index is 13.6. The third kappa shape index (κ3) is 10.9. The summed E-state index contributed by atoms with van der Waals surface area (Å²) in [5, 5.41) is 23.3. The molecule has 3 amide bonds. The van der Waals surface area contributed by atoms with E-state index in [4.69, 9.17) is 15.9 Å². The van der Waals surface area contributed by atoms with Gasteiger partial charge in [-0.05, 0) is 74.1 Å². The second-order valence-corrected chi connectivity index (χ2v) is 12.5.